The van der Waals surface area contributed by atoms with Crippen LogP contribution in [0.15, 0.2) is 24.7 Å². The van der Waals surface area contributed by atoms with Gasteiger partial charge in [0.15, 0.2) is 5.65 Å². The highest BCUT2D eigenvalue weighted by Crippen LogP contribution is 2.11. The van der Waals surface area contributed by atoms with E-state index in [9.17, 15) is 0 Å². The summed E-state index contributed by atoms with van der Waals surface area (Å²) in [4.78, 5) is 4.33. The number of rotatable bonds is 3. The molecule has 1 N–H and O–H groups in total. The summed E-state index contributed by atoms with van der Waals surface area (Å²) in [5, 5.41) is 12.3. The number of aryl methyl sites for hydroxylation is 1. The van der Waals surface area contributed by atoms with Crippen LogP contribution in [-0.2, 0) is 6.54 Å². The van der Waals surface area contributed by atoms with Crippen molar-refractivity contribution in [3.05, 3.63) is 35.9 Å². The maximum atomic E-state index is 4.33. The largest absolute Gasteiger partial charge is 0.370 e. The van der Waals surface area contributed by atoms with Gasteiger partial charge in [0.1, 0.15) is 5.00 Å². The molecule has 0 saturated carbocycles. The molecule has 0 fully saturated rings. The number of hydrogen-bond donors (Lipinski definition) is 1. The molecule has 86 valence electrons. The van der Waals surface area contributed by atoms with Gasteiger partial charge in [0.25, 0.3) is 0 Å². The monoisotopic (exact) mass is 246 g/mol. The zero-order valence-corrected chi connectivity index (χ0v) is 9.98. The maximum absolute atomic E-state index is 4.33. The number of anilines is 1. The molecule has 6 nitrogen and oxygen atoms in total. The summed E-state index contributed by atoms with van der Waals surface area (Å²) >= 11 is 1.33. The van der Waals surface area contributed by atoms with Gasteiger partial charge < -0.3 is 5.32 Å². The van der Waals surface area contributed by atoms with Gasteiger partial charge in [-0.25, -0.2) is 9.50 Å². The Labute approximate surface area is 101 Å². The summed E-state index contributed by atoms with van der Waals surface area (Å²) in [6.07, 6.45) is 5.52. The van der Waals surface area contributed by atoms with E-state index < -0.39 is 0 Å². The third kappa shape index (κ3) is 2.09. The molecule has 7 heteroatoms. The van der Waals surface area contributed by atoms with Crippen molar-refractivity contribution >= 4 is 22.2 Å². The third-order valence-electron chi connectivity index (χ3n) is 2.32. The Morgan fingerprint density at radius 1 is 1.41 bits per heavy atom. The predicted molar refractivity (Wildman–Crippen MR) is 65.0 cm³/mol. The molecule has 0 amide bonds. The van der Waals surface area contributed by atoms with Crippen molar-refractivity contribution in [2.45, 2.75) is 13.5 Å². The molecule has 0 aliphatic heterocycles. The van der Waals surface area contributed by atoms with Crippen LogP contribution < -0.4 is 5.32 Å². The molecule has 3 heterocycles. The van der Waals surface area contributed by atoms with Crippen molar-refractivity contribution in [2.24, 2.45) is 0 Å². The lowest BCUT2D eigenvalue weighted by molar-refractivity contribution is 0.895. The summed E-state index contributed by atoms with van der Waals surface area (Å²) in [6.45, 7) is 2.64. The minimum Gasteiger partial charge on any atom is -0.370 e. The van der Waals surface area contributed by atoms with Gasteiger partial charge in [0.2, 0.25) is 0 Å². The van der Waals surface area contributed by atoms with Crippen molar-refractivity contribution in [1.82, 2.24) is 24.2 Å². The number of aromatic nitrogens is 5. The number of nitrogens with zero attached hydrogens (tertiary/aromatic N) is 5. The highest BCUT2D eigenvalue weighted by atomic mass is 32.1. The summed E-state index contributed by atoms with van der Waals surface area (Å²) in [5.41, 5.74) is 2.90. The summed E-state index contributed by atoms with van der Waals surface area (Å²) in [7, 11) is 0. The molecule has 0 unspecified atom stereocenters. The Hall–Kier alpha value is -2.02. The van der Waals surface area contributed by atoms with Crippen molar-refractivity contribution in [3.63, 3.8) is 0 Å². The first kappa shape index (κ1) is 10.2. The molecule has 0 aliphatic carbocycles. The second-order valence-corrected chi connectivity index (χ2v) is 4.47. The van der Waals surface area contributed by atoms with E-state index in [4.69, 9.17) is 0 Å². The highest BCUT2D eigenvalue weighted by molar-refractivity contribution is 7.09. The van der Waals surface area contributed by atoms with Gasteiger partial charge in [0.05, 0.1) is 11.9 Å². The molecule has 3 aromatic rings. The van der Waals surface area contributed by atoms with Crippen LogP contribution in [0.3, 0.4) is 0 Å². The molecule has 17 heavy (non-hydrogen) atoms. The van der Waals surface area contributed by atoms with Crippen LogP contribution in [-0.4, -0.2) is 24.2 Å². The fourth-order valence-electron chi connectivity index (χ4n) is 1.56. The van der Waals surface area contributed by atoms with E-state index in [1.54, 1.807) is 10.7 Å². The van der Waals surface area contributed by atoms with Crippen molar-refractivity contribution in [1.29, 1.82) is 0 Å². The molecular weight excluding hydrogens is 236 g/mol. The topological polar surface area (TPSA) is 68.0 Å². The van der Waals surface area contributed by atoms with E-state index >= 15 is 0 Å². The third-order valence-corrected chi connectivity index (χ3v) is 2.94. The second kappa shape index (κ2) is 4.10. The Balaban J connectivity index is 1.81. The summed E-state index contributed by atoms with van der Waals surface area (Å²) < 4.78 is 5.57. The van der Waals surface area contributed by atoms with Crippen LogP contribution in [0.5, 0.6) is 0 Å². The smallest absolute Gasteiger partial charge is 0.155 e. The minimum atomic E-state index is 0.686. The van der Waals surface area contributed by atoms with E-state index in [0.29, 0.717) is 6.54 Å². The van der Waals surface area contributed by atoms with E-state index in [-0.39, 0.29) is 0 Å². The molecule has 3 rings (SSSR count). The molecule has 0 saturated heterocycles. The summed E-state index contributed by atoms with van der Waals surface area (Å²) in [5.74, 6) is 0. The average Bonchev–Trinajstić information content (AvgIpc) is 2.92. The van der Waals surface area contributed by atoms with Gasteiger partial charge in [0, 0.05) is 42.1 Å². The average molecular weight is 246 g/mol. The van der Waals surface area contributed by atoms with Crippen molar-refractivity contribution in [3.8, 4) is 0 Å². The molecular formula is C10H10N6S. The van der Waals surface area contributed by atoms with Crippen molar-refractivity contribution in [2.75, 3.05) is 5.32 Å². The van der Waals surface area contributed by atoms with E-state index in [1.165, 1.54) is 11.5 Å². The van der Waals surface area contributed by atoms with Gasteiger partial charge >= 0.3 is 0 Å². The Morgan fingerprint density at radius 3 is 3.18 bits per heavy atom. The van der Waals surface area contributed by atoms with E-state index in [0.717, 1.165) is 21.9 Å². The first-order valence-electron chi connectivity index (χ1n) is 5.13. The molecule has 0 aliphatic rings. The first-order valence-corrected chi connectivity index (χ1v) is 5.91. The lowest BCUT2D eigenvalue weighted by atomic mass is 10.3. The maximum Gasteiger partial charge on any atom is 0.155 e. The van der Waals surface area contributed by atoms with Crippen LogP contribution in [0.1, 0.15) is 11.3 Å². The van der Waals surface area contributed by atoms with Crippen LogP contribution in [0.4, 0.5) is 5.00 Å². The Bertz CT molecular complexity index is 629. The first-order chi connectivity index (χ1) is 8.31. The lowest BCUT2D eigenvalue weighted by Crippen LogP contribution is -2.01. The summed E-state index contributed by atoms with van der Waals surface area (Å²) in [6, 6.07) is 1.95. The molecule has 0 bridgehead atoms. The van der Waals surface area contributed by atoms with Crippen LogP contribution >= 0.6 is 11.5 Å². The predicted octanol–water partition coefficient (Wildman–Crippen LogP) is 1.50. The second-order valence-electron chi connectivity index (χ2n) is 3.69. The molecule has 0 atom stereocenters. The Kier molecular flexibility index (Phi) is 2.45. The zero-order chi connectivity index (χ0) is 11.7. The van der Waals surface area contributed by atoms with Gasteiger partial charge in [-0.3, -0.25) is 0 Å². The normalized spacial score (nSPS) is 10.9. The van der Waals surface area contributed by atoms with Gasteiger partial charge in [-0.15, -0.1) is 5.10 Å². The fraction of sp³-hybridized carbons (Fsp3) is 0.200. The van der Waals surface area contributed by atoms with Gasteiger partial charge in [-0.1, -0.05) is 4.49 Å². The van der Waals surface area contributed by atoms with Gasteiger partial charge in [-0.2, -0.15) is 5.10 Å². The SMILES string of the molecule is Cc1cc2ncc(CNc3cnns3)cn2n1. The number of hydrogen-bond acceptors (Lipinski definition) is 6. The fourth-order valence-corrected chi connectivity index (χ4v) is 1.97. The number of nitrogens with one attached hydrogen (secondary N) is 1. The van der Waals surface area contributed by atoms with Crippen LogP contribution in [0, 0.1) is 6.92 Å². The highest BCUT2D eigenvalue weighted by Gasteiger charge is 2.01. The zero-order valence-electron chi connectivity index (χ0n) is 9.16. The molecule has 3 aromatic heterocycles. The standard InChI is InChI=1S/C10H10N6S/c1-7-2-9-11-3-8(6-16(9)14-7)4-12-10-5-13-15-17-10/h2-3,5-6,12H,4H2,1H3. The number of fused-ring (bicyclic) bond motifs is 1. The van der Waals surface area contributed by atoms with Crippen molar-refractivity contribution < 1.29 is 0 Å². The van der Waals surface area contributed by atoms with E-state index in [2.05, 4.69) is 25.0 Å². The molecule has 0 radical (unpaired) electrons. The van der Waals surface area contributed by atoms with Crippen LogP contribution in [0.25, 0.3) is 5.65 Å². The molecule has 0 spiro atoms. The minimum absolute atomic E-state index is 0.686. The Morgan fingerprint density at radius 2 is 2.35 bits per heavy atom. The lowest BCUT2D eigenvalue weighted by Gasteiger charge is -2.02. The van der Waals surface area contributed by atoms with Crippen LogP contribution in [0.2, 0.25) is 0 Å². The molecule has 0 aromatic carbocycles. The van der Waals surface area contributed by atoms with E-state index in [1.807, 2.05) is 25.4 Å². The van der Waals surface area contributed by atoms with Gasteiger partial charge in [-0.05, 0) is 6.92 Å². The quantitative estimate of drug-likeness (QED) is 0.758.